The zero-order valence-corrected chi connectivity index (χ0v) is 28.1. The largest absolute Gasteiger partial charge is 0.465 e. The molecule has 0 aromatic heterocycles. The van der Waals surface area contributed by atoms with Gasteiger partial charge >= 0.3 is 11.9 Å². The van der Waals surface area contributed by atoms with Crippen molar-refractivity contribution in [2.75, 3.05) is 11.9 Å². The van der Waals surface area contributed by atoms with E-state index in [0.717, 1.165) is 37.7 Å². The molecule has 2 aliphatic rings. The summed E-state index contributed by atoms with van der Waals surface area (Å²) in [6.45, 7) is 17.8. The first kappa shape index (κ1) is 35.6. The Kier molecular flexibility index (Phi) is 13.0. The number of benzene rings is 1. The van der Waals surface area contributed by atoms with Crippen molar-refractivity contribution in [3.8, 4) is 5.75 Å². The lowest BCUT2D eigenvalue weighted by atomic mass is 9.69. The highest BCUT2D eigenvalue weighted by atomic mass is 35.5. The zero-order valence-electron chi connectivity index (χ0n) is 27.3. The van der Waals surface area contributed by atoms with Gasteiger partial charge in [0, 0.05) is 17.7 Å². The van der Waals surface area contributed by atoms with Gasteiger partial charge in [-0.15, -0.1) is 0 Å². The van der Waals surface area contributed by atoms with Crippen molar-refractivity contribution in [1.82, 2.24) is 0 Å². The molecule has 240 valence electrons. The molecule has 45 heavy (non-hydrogen) atoms. The average Bonchev–Trinajstić information content (AvgIpc) is 3.02. The lowest BCUT2D eigenvalue weighted by Gasteiger charge is -2.34. The van der Waals surface area contributed by atoms with Crippen LogP contribution in [0.1, 0.15) is 84.6 Å². The summed E-state index contributed by atoms with van der Waals surface area (Å²) in [5.74, 6) is -1.05. The Hall–Kier alpha value is -3.90. The van der Waals surface area contributed by atoms with Gasteiger partial charge in [0.15, 0.2) is 0 Å². The van der Waals surface area contributed by atoms with Gasteiger partial charge < -0.3 is 14.8 Å². The highest BCUT2D eigenvalue weighted by molar-refractivity contribution is 6.32. The fourth-order valence-corrected chi connectivity index (χ4v) is 6.12. The molecular formula is C38H46ClNO5. The van der Waals surface area contributed by atoms with Crippen molar-refractivity contribution in [2.45, 2.75) is 86.0 Å². The summed E-state index contributed by atoms with van der Waals surface area (Å²) < 4.78 is 11.2. The number of ether oxygens (including phenoxy) is 2. The van der Waals surface area contributed by atoms with Crippen molar-refractivity contribution in [3.05, 3.63) is 106 Å². The van der Waals surface area contributed by atoms with Gasteiger partial charge in [-0.05, 0) is 101 Å². The number of aryl methyl sites for hydroxylation is 1. The molecule has 1 unspecified atom stereocenters. The van der Waals surface area contributed by atoms with Gasteiger partial charge in [-0.25, -0.2) is 0 Å². The molecule has 0 fully saturated rings. The van der Waals surface area contributed by atoms with E-state index in [2.05, 4.69) is 37.6 Å². The molecule has 6 nitrogen and oxygen atoms in total. The minimum Gasteiger partial charge on any atom is -0.465 e. The van der Waals surface area contributed by atoms with E-state index in [9.17, 15) is 14.4 Å². The van der Waals surface area contributed by atoms with E-state index < -0.39 is 17.4 Å². The second-order valence-electron chi connectivity index (χ2n) is 11.5. The Morgan fingerprint density at radius 2 is 1.84 bits per heavy atom. The maximum atomic E-state index is 13.5. The van der Waals surface area contributed by atoms with Gasteiger partial charge in [0.25, 0.3) is 5.91 Å². The number of carbonyl (C=O) groups is 3. The summed E-state index contributed by atoms with van der Waals surface area (Å²) in [7, 11) is 0. The van der Waals surface area contributed by atoms with E-state index in [1.54, 1.807) is 31.2 Å². The van der Waals surface area contributed by atoms with Crippen LogP contribution in [0.5, 0.6) is 5.75 Å². The third-order valence-corrected chi connectivity index (χ3v) is 8.71. The first-order valence-corrected chi connectivity index (χ1v) is 16.1. The summed E-state index contributed by atoms with van der Waals surface area (Å²) in [6, 6.07) is 3.23. The molecule has 3 rings (SSSR count). The van der Waals surface area contributed by atoms with E-state index in [1.165, 1.54) is 11.1 Å². The van der Waals surface area contributed by atoms with Crippen molar-refractivity contribution < 1.29 is 23.9 Å². The molecule has 7 heteroatoms. The molecule has 0 heterocycles. The third-order valence-electron chi connectivity index (χ3n) is 8.42. The maximum absolute atomic E-state index is 13.5. The number of allylic oxidation sites excluding steroid dienone is 8. The number of rotatable bonds is 14. The summed E-state index contributed by atoms with van der Waals surface area (Å²) in [5, 5.41) is 3.19. The lowest BCUT2D eigenvalue weighted by Crippen LogP contribution is -2.37. The third kappa shape index (κ3) is 8.43. The zero-order chi connectivity index (χ0) is 33.1. The Labute approximate surface area is 273 Å². The molecular weight excluding hydrogens is 586 g/mol. The quantitative estimate of drug-likeness (QED) is 0.0957. The molecule has 0 bridgehead atoms. The smallest absolute Gasteiger partial charge is 0.320 e. The molecule has 0 radical (unpaired) electrons. The summed E-state index contributed by atoms with van der Waals surface area (Å²) in [6.07, 6.45) is 16.6. The van der Waals surface area contributed by atoms with Crippen LogP contribution in [0.3, 0.4) is 0 Å². The molecule has 1 amide bonds. The molecule has 2 aliphatic carbocycles. The number of esters is 2. The Balaban J connectivity index is 1.80. The fraction of sp³-hybridized carbons (Fsp3) is 0.395. The number of anilines is 1. The van der Waals surface area contributed by atoms with Crippen LogP contribution >= 0.6 is 11.6 Å². The minimum absolute atomic E-state index is 0.0889. The normalized spacial score (nSPS) is 16.3. The van der Waals surface area contributed by atoms with Gasteiger partial charge in [0.1, 0.15) is 11.2 Å². The number of hydrogen-bond acceptors (Lipinski definition) is 5. The van der Waals surface area contributed by atoms with E-state index in [1.807, 2.05) is 32.9 Å². The lowest BCUT2D eigenvalue weighted by molar-refractivity contribution is -0.151. The predicted molar refractivity (Wildman–Crippen MR) is 183 cm³/mol. The van der Waals surface area contributed by atoms with Gasteiger partial charge in [-0.3, -0.25) is 14.4 Å². The first-order chi connectivity index (χ1) is 21.5. The second kappa shape index (κ2) is 16.4. The molecule has 0 saturated carbocycles. The summed E-state index contributed by atoms with van der Waals surface area (Å²) in [4.78, 5) is 40.0. The van der Waals surface area contributed by atoms with Crippen LogP contribution < -0.4 is 10.1 Å². The predicted octanol–water partition coefficient (Wildman–Crippen LogP) is 9.62. The van der Waals surface area contributed by atoms with Crippen LogP contribution in [0.2, 0.25) is 5.02 Å². The molecule has 1 aromatic carbocycles. The minimum atomic E-state index is -1.22. The number of halogens is 1. The van der Waals surface area contributed by atoms with Gasteiger partial charge in [-0.2, -0.15) is 0 Å². The second-order valence-corrected chi connectivity index (χ2v) is 11.9. The SMILES string of the molecule is C=C/C(=C\C)C(CCC(=O)Oc1cc(C)c(NC(=O)C2=C(C3=CC=C(C)CC3)CCC=C2)cc1Cl)(C(=C)CCC)C(=O)OCC. The average molecular weight is 632 g/mol. The van der Waals surface area contributed by atoms with Crippen LogP contribution in [0.4, 0.5) is 5.69 Å². The molecule has 1 aromatic rings. The fourth-order valence-electron chi connectivity index (χ4n) is 5.92. The van der Waals surface area contributed by atoms with E-state index in [4.69, 9.17) is 21.1 Å². The van der Waals surface area contributed by atoms with Crippen LogP contribution in [0.25, 0.3) is 0 Å². The molecule has 1 N–H and O–H groups in total. The van der Waals surface area contributed by atoms with Gasteiger partial charge in [0.05, 0.1) is 11.6 Å². The number of amides is 1. The number of hydrogen-bond donors (Lipinski definition) is 1. The van der Waals surface area contributed by atoms with Crippen LogP contribution in [0, 0.1) is 12.3 Å². The van der Waals surface area contributed by atoms with Crippen molar-refractivity contribution in [1.29, 1.82) is 0 Å². The first-order valence-electron chi connectivity index (χ1n) is 15.8. The highest BCUT2D eigenvalue weighted by Gasteiger charge is 2.44. The monoisotopic (exact) mass is 631 g/mol. The van der Waals surface area contributed by atoms with Crippen LogP contribution in [-0.2, 0) is 19.1 Å². The maximum Gasteiger partial charge on any atom is 0.320 e. The number of carbonyl (C=O) groups excluding carboxylic acids is 3. The highest BCUT2D eigenvalue weighted by Crippen LogP contribution is 2.44. The van der Waals surface area contributed by atoms with E-state index in [-0.39, 0.29) is 36.1 Å². The van der Waals surface area contributed by atoms with Gasteiger partial charge in [0.2, 0.25) is 0 Å². The van der Waals surface area contributed by atoms with Crippen LogP contribution in [-0.4, -0.2) is 24.5 Å². The van der Waals surface area contributed by atoms with Crippen molar-refractivity contribution in [3.63, 3.8) is 0 Å². The Morgan fingerprint density at radius 1 is 1.09 bits per heavy atom. The molecule has 0 spiro atoms. The molecule has 0 saturated heterocycles. The van der Waals surface area contributed by atoms with Crippen molar-refractivity contribution >= 4 is 35.1 Å². The number of nitrogens with one attached hydrogen (secondary N) is 1. The standard InChI is InChI=1S/C38H46ClNO5/c1-8-14-27(7)38(29(9-2)10-3,37(43)44-11-4)22-21-35(41)45-34-23-26(6)33(24-32(34)39)40-36(42)31-16-13-12-15-30(31)28-19-17-25(5)18-20-28/h9-10,13,16-17,19,23-24H,2,7-8,11-12,14-15,18,20-22H2,1,3-6H3,(H,40,42)/b29-10+. The molecule has 0 aliphatic heterocycles. The van der Waals surface area contributed by atoms with E-state index >= 15 is 0 Å². The summed E-state index contributed by atoms with van der Waals surface area (Å²) >= 11 is 6.57. The Morgan fingerprint density at radius 3 is 2.47 bits per heavy atom. The summed E-state index contributed by atoms with van der Waals surface area (Å²) in [5.41, 5.74) is 5.56. The van der Waals surface area contributed by atoms with Gasteiger partial charge in [-0.1, -0.05) is 85.7 Å². The van der Waals surface area contributed by atoms with Crippen LogP contribution in [0.15, 0.2) is 95.2 Å². The Bertz CT molecular complexity index is 1490. The van der Waals surface area contributed by atoms with E-state index in [0.29, 0.717) is 34.4 Å². The topological polar surface area (TPSA) is 81.7 Å². The molecule has 1 atom stereocenters. The van der Waals surface area contributed by atoms with Crippen molar-refractivity contribution in [2.24, 2.45) is 5.41 Å².